The van der Waals surface area contributed by atoms with Crippen molar-refractivity contribution in [3.8, 4) is 0 Å². The van der Waals surface area contributed by atoms with Crippen molar-refractivity contribution in [3.63, 3.8) is 0 Å². The number of nitrogens with zero attached hydrogens (tertiary/aromatic N) is 2. The Hall–Kier alpha value is -1.92. The summed E-state index contributed by atoms with van der Waals surface area (Å²) < 4.78 is 0. The molecule has 0 saturated carbocycles. The maximum atomic E-state index is 13.0. The second kappa shape index (κ2) is 6.29. The molecule has 2 aliphatic rings. The van der Waals surface area contributed by atoms with E-state index in [1.54, 1.807) is 0 Å². The zero-order chi connectivity index (χ0) is 17.4. The van der Waals surface area contributed by atoms with Crippen LogP contribution in [0.25, 0.3) is 0 Å². The van der Waals surface area contributed by atoms with Crippen molar-refractivity contribution in [2.24, 2.45) is 5.92 Å². The van der Waals surface area contributed by atoms with Gasteiger partial charge in [-0.05, 0) is 31.6 Å². The lowest BCUT2D eigenvalue weighted by Gasteiger charge is -2.34. The predicted molar refractivity (Wildman–Crippen MR) is 81.6 cm³/mol. The highest BCUT2D eigenvalue weighted by Crippen LogP contribution is 2.40. The molecule has 0 aromatic heterocycles. The number of carbonyl (C=O) groups is 4. The summed E-state index contributed by atoms with van der Waals surface area (Å²) >= 11 is 0. The fraction of sp³-hybridized carbons (Fsp3) is 0.750. The normalized spacial score (nSPS) is 25.5. The average molecular weight is 324 g/mol. The molecular formula is C16H24N2O5. The zero-order valence-electron chi connectivity index (χ0n) is 13.9. The zero-order valence-corrected chi connectivity index (χ0v) is 13.9. The van der Waals surface area contributed by atoms with Crippen LogP contribution in [-0.2, 0) is 19.2 Å². The fourth-order valence-corrected chi connectivity index (χ4v) is 3.73. The lowest BCUT2D eigenvalue weighted by molar-refractivity contribution is -0.155. The Kier molecular flexibility index (Phi) is 4.77. The molecule has 2 atom stereocenters. The van der Waals surface area contributed by atoms with E-state index >= 15 is 0 Å². The van der Waals surface area contributed by atoms with Crippen molar-refractivity contribution in [3.05, 3.63) is 0 Å². The van der Waals surface area contributed by atoms with Crippen molar-refractivity contribution < 1.29 is 24.3 Å². The number of carbonyl (C=O) groups excluding carboxylic acids is 3. The van der Waals surface area contributed by atoms with Crippen molar-refractivity contribution in [1.82, 2.24) is 9.80 Å². The summed E-state index contributed by atoms with van der Waals surface area (Å²) in [6.07, 6.45) is 1.92. The van der Waals surface area contributed by atoms with Gasteiger partial charge >= 0.3 is 5.97 Å². The SMILES string of the molecule is CC(=O)C(=O)N1CCC[C@]12CCN([C@@H](CC(C)C)C(=O)O)C2=O. The molecule has 23 heavy (non-hydrogen) atoms. The minimum Gasteiger partial charge on any atom is -0.480 e. The lowest BCUT2D eigenvalue weighted by Crippen LogP contribution is -2.56. The number of amides is 2. The van der Waals surface area contributed by atoms with E-state index in [-0.39, 0.29) is 11.8 Å². The van der Waals surface area contributed by atoms with Crippen LogP contribution < -0.4 is 0 Å². The maximum absolute atomic E-state index is 13.0. The number of ketones is 1. The van der Waals surface area contributed by atoms with E-state index in [4.69, 9.17) is 0 Å². The first-order valence-electron chi connectivity index (χ1n) is 8.07. The van der Waals surface area contributed by atoms with E-state index in [1.807, 2.05) is 13.8 Å². The molecule has 0 aliphatic carbocycles. The summed E-state index contributed by atoms with van der Waals surface area (Å²) in [5, 5.41) is 9.47. The van der Waals surface area contributed by atoms with E-state index in [0.29, 0.717) is 38.8 Å². The molecular weight excluding hydrogens is 300 g/mol. The minimum atomic E-state index is -1.02. The van der Waals surface area contributed by atoms with E-state index in [0.717, 1.165) is 0 Å². The van der Waals surface area contributed by atoms with Crippen LogP contribution in [0.5, 0.6) is 0 Å². The van der Waals surface area contributed by atoms with Crippen LogP contribution in [0.3, 0.4) is 0 Å². The highest BCUT2D eigenvalue weighted by molar-refractivity contribution is 6.35. The van der Waals surface area contributed by atoms with Crippen LogP contribution in [-0.4, -0.2) is 63.1 Å². The van der Waals surface area contributed by atoms with Crippen LogP contribution >= 0.6 is 0 Å². The Labute approximate surface area is 135 Å². The van der Waals surface area contributed by atoms with Gasteiger partial charge in [0, 0.05) is 20.0 Å². The number of hydrogen-bond acceptors (Lipinski definition) is 4. The van der Waals surface area contributed by atoms with Gasteiger partial charge in [0.25, 0.3) is 5.91 Å². The highest BCUT2D eigenvalue weighted by Gasteiger charge is 2.57. The molecule has 2 saturated heterocycles. The quantitative estimate of drug-likeness (QED) is 0.750. The van der Waals surface area contributed by atoms with Gasteiger partial charge in [0.2, 0.25) is 11.7 Å². The molecule has 1 spiro atoms. The molecule has 0 bridgehead atoms. The molecule has 2 rings (SSSR count). The summed E-state index contributed by atoms with van der Waals surface area (Å²) in [5.41, 5.74) is -1.02. The molecule has 0 unspecified atom stereocenters. The molecule has 2 heterocycles. The standard InChI is InChI=1S/C16H24N2O5/c1-10(2)9-12(14(21)22)17-8-6-16(15(17)23)5-4-7-18(16)13(20)11(3)19/h10,12H,4-9H2,1-3H3,(H,21,22)/t12-,16+/m0/s1. The highest BCUT2D eigenvalue weighted by atomic mass is 16.4. The van der Waals surface area contributed by atoms with Crippen molar-refractivity contribution in [2.75, 3.05) is 13.1 Å². The number of likely N-dealkylation sites (tertiary alicyclic amines) is 2. The van der Waals surface area contributed by atoms with Gasteiger partial charge in [0.15, 0.2) is 0 Å². The Morgan fingerprint density at radius 1 is 1.22 bits per heavy atom. The van der Waals surface area contributed by atoms with Gasteiger partial charge in [-0.2, -0.15) is 0 Å². The summed E-state index contributed by atoms with van der Waals surface area (Å²) in [4.78, 5) is 50.8. The number of carboxylic acid groups (broad SMARTS) is 1. The lowest BCUT2D eigenvalue weighted by atomic mass is 9.93. The average Bonchev–Trinajstić information content (AvgIpc) is 3.02. The Morgan fingerprint density at radius 3 is 2.39 bits per heavy atom. The maximum Gasteiger partial charge on any atom is 0.326 e. The molecule has 2 aliphatic heterocycles. The Balaban J connectivity index is 2.27. The molecule has 0 aromatic carbocycles. The molecule has 2 amide bonds. The summed E-state index contributed by atoms with van der Waals surface area (Å²) in [6, 6.07) is -0.878. The first-order chi connectivity index (χ1) is 10.7. The van der Waals surface area contributed by atoms with Crippen LogP contribution in [0.15, 0.2) is 0 Å². The number of Topliss-reactive ketones (excluding diaryl/α,β-unsaturated/α-hetero) is 1. The van der Waals surface area contributed by atoms with Gasteiger partial charge in [-0.15, -0.1) is 0 Å². The van der Waals surface area contributed by atoms with Crippen LogP contribution in [0.4, 0.5) is 0 Å². The van der Waals surface area contributed by atoms with Gasteiger partial charge < -0.3 is 14.9 Å². The van der Waals surface area contributed by atoms with E-state index in [2.05, 4.69) is 0 Å². The first-order valence-corrected chi connectivity index (χ1v) is 8.07. The Bertz CT molecular complexity index is 545. The molecule has 0 radical (unpaired) electrons. The van der Waals surface area contributed by atoms with Crippen LogP contribution in [0, 0.1) is 5.92 Å². The van der Waals surface area contributed by atoms with Crippen molar-refractivity contribution in [1.29, 1.82) is 0 Å². The molecule has 1 N–H and O–H groups in total. The molecule has 128 valence electrons. The van der Waals surface area contributed by atoms with Crippen LogP contribution in [0.2, 0.25) is 0 Å². The molecule has 7 nitrogen and oxygen atoms in total. The topological polar surface area (TPSA) is 95.0 Å². The smallest absolute Gasteiger partial charge is 0.326 e. The molecule has 7 heteroatoms. The number of carboxylic acids is 1. The van der Waals surface area contributed by atoms with E-state index in [1.165, 1.54) is 16.7 Å². The molecule has 0 aromatic rings. The third-order valence-electron chi connectivity index (χ3n) is 4.82. The van der Waals surface area contributed by atoms with Gasteiger partial charge in [0.05, 0.1) is 0 Å². The number of aliphatic carboxylic acids is 1. The summed E-state index contributed by atoms with van der Waals surface area (Å²) in [6.45, 7) is 5.70. The van der Waals surface area contributed by atoms with E-state index in [9.17, 15) is 24.3 Å². The van der Waals surface area contributed by atoms with E-state index < -0.39 is 29.2 Å². The van der Waals surface area contributed by atoms with Gasteiger partial charge in [-0.3, -0.25) is 14.4 Å². The summed E-state index contributed by atoms with van der Waals surface area (Å²) in [5.74, 6) is -2.44. The van der Waals surface area contributed by atoms with Gasteiger partial charge in [-0.1, -0.05) is 13.8 Å². The largest absolute Gasteiger partial charge is 0.480 e. The first kappa shape index (κ1) is 17.4. The third-order valence-corrected chi connectivity index (χ3v) is 4.82. The Morgan fingerprint density at radius 2 is 1.87 bits per heavy atom. The third kappa shape index (κ3) is 2.96. The number of rotatable bonds is 5. The van der Waals surface area contributed by atoms with Crippen molar-refractivity contribution in [2.45, 2.75) is 58.0 Å². The molecule has 2 fully saturated rings. The minimum absolute atomic E-state index is 0.138. The predicted octanol–water partition coefficient (Wildman–Crippen LogP) is 0.668. The van der Waals surface area contributed by atoms with Gasteiger partial charge in [-0.25, -0.2) is 4.79 Å². The summed E-state index contributed by atoms with van der Waals surface area (Å²) in [7, 11) is 0. The van der Waals surface area contributed by atoms with Gasteiger partial charge in [0.1, 0.15) is 11.6 Å². The number of hydrogen-bond donors (Lipinski definition) is 1. The monoisotopic (exact) mass is 324 g/mol. The fourth-order valence-electron chi connectivity index (χ4n) is 3.73. The second-order valence-corrected chi connectivity index (χ2v) is 6.88. The second-order valence-electron chi connectivity index (χ2n) is 6.88. The van der Waals surface area contributed by atoms with Crippen molar-refractivity contribution >= 4 is 23.6 Å². The van der Waals surface area contributed by atoms with Crippen LogP contribution in [0.1, 0.15) is 46.5 Å².